The quantitative estimate of drug-likeness (QED) is 0.591. The maximum absolute atomic E-state index is 6.14. The van der Waals surface area contributed by atoms with Crippen molar-refractivity contribution in [1.82, 2.24) is 10.3 Å². The van der Waals surface area contributed by atoms with Crippen molar-refractivity contribution in [2.45, 2.75) is 46.6 Å². The molecule has 0 aliphatic heterocycles. The summed E-state index contributed by atoms with van der Waals surface area (Å²) in [5, 5.41) is 7.99. The van der Waals surface area contributed by atoms with Crippen molar-refractivity contribution < 1.29 is 4.74 Å². The van der Waals surface area contributed by atoms with Crippen LogP contribution in [0.15, 0.2) is 24.4 Å². The van der Waals surface area contributed by atoms with Gasteiger partial charge in [0.15, 0.2) is 5.11 Å². The molecule has 140 valence electrons. The molecule has 0 aliphatic rings. The number of aromatic nitrogens is 1. The third kappa shape index (κ3) is 5.73. The van der Waals surface area contributed by atoms with Crippen molar-refractivity contribution in [2.24, 2.45) is 0 Å². The summed E-state index contributed by atoms with van der Waals surface area (Å²) in [6.07, 6.45) is 2.32. The van der Waals surface area contributed by atoms with Crippen molar-refractivity contribution in [1.29, 1.82) is 0 Å². The zero-order valence-corrected chi connectivity index (χ0v) is 17.9. The van der Waals surface area contributed by atoms with Crippen LogP contribution in [0.3, 0.4) is 0 Å². The number of nitrogens with zero attached hydrogens (tertiary/aromatic N) is 1. The second-order valence-corrected chi connectivity index (χ2v) is 8.25. The van der Waals surface area contributed by atoms with E-state index in [2.05, 4.69) is 43.3 Å². The molecule has 0 fully saturated rings. The molecule has 0 amide bonds. The molecule has 1 heterocycles. The summed E-state index contributed by atoms with van der Waals surface area (Å²) in [6, 6.07) is 5.49. The van der Waals surface area contributed by atoms with Gasteiger partial charge in [-0.1, -0.05) is 30.1 Å². The normalized spacial score (nSPS) is 11.2. The van der Waals surface area contributed by atoms with Crippen molar-refractivity contribution in [2.75, 3.05) is 5.32 Å². The monoisotopic (exact) mass is 411 g/mol. The number of rotatable bonds is 4. The fraction of sp³-hybridized carbons (Fsp3) is 0.368. The van der Waals surface area contributed by atoms with E-state index >= 15 is 0 Å². The highest BCUT2D eigenvalue weighted by molar-refractivity contribution is 7.80. The van der Waals surface area contributed by atoms with E-state index in [0.717, 1.165) is 23.2 Å². The average molecular weight is 412 g/mol. The first kappa shape index (κ1) is 20.7. The van der Waals surface area contributed by atoms with Crippen molar-refractivity contribution in [3.8, 4) is 11.6 Å². The first-order valence-electron chi connectivity index (χ1n) is 8.30. The van der Waals surface area contributed by atoms with E-state index in [1.165, 1.54) is 6.20 Å². The maximum atomic E-state index is 6.14. The van der Waals surface area contributed by atoms with Crippen molar-refractivity contribution in [3.63, 3.8) is 0 Å². The van der Waals surface area contributed by atoms with E-state index in [4.69, 9.17) is 40.2 Å². The number of benzene rings is 1. The molecule has 0 saturated heterocycles. The van der Waals surface area contributed by atoms with Gasteiger partial charge in [0.05, 0.1) is 5.02 Å². The number of thiocarbonyl (C=S) groups is 1. The van der Waals surface area contributed by atoms with Gasteiger partial charge < -0.3 is 15.4 Å². The lowest BCUT2D eigenvalue weighted by atomic mass is 10.0. The van der Waals surface area contributed by atoms with Crippen LogP contribution < -0.4 is 15.4 Å². The third-order valence-electron chi connectivity index (χ3n) is 3.49. The topological polar surface area (TPSA) is 46.2 Å². The van der Waals surface area contributed by atoms with Gasteiger partial charge in [0.2, 0.25) is 5.88 Å². The third-order valence-corrected chi connectivity index (χ3v) is 4.17. The summed E-state index contributed by atoms with van der Waals surface area (Å²) >= 11 is 17.4. The molecule has 0 spiro atoms. The minimum atomic E-state index is -0.107. The fourth-order valence-corrected chi connectivity index (χ4v) is 3.24. The zero-order chi connectivity index (χ0) is 19.5. The summed E-state index contributed by atoms with van der Waals surface area (Å²) in [5.41, 5.74) is 2.98. The Bertz CT molecular complexity index is 819. The Balaban J connectivity index is 2.27. The standard InChI is InChI=1S/C19H23Cl2N3OS/c1-6-12-8-14(25-17-15(21)9-13(20)10-22-17)7-11(2)16(12)23-18(26)24-19(3,4)5/h7-10H,6H2,1-5H3,(H2,23,24,26). The van der Waals surface area contributed by atoms with Gasteiger partial charge in [0.1, 0.15) is 10.8 Å². The van der Waals surface area contributed by atoms with Crippen LogP contribution in [-0.2, 0) is 6.42 Å². The predicted octanol–water partition coefficient (Wildman–Crippen LogP) is 6.14. The summed E-state index contributed by atoms with van der Waals surface area (Å²) in [7, 11) is 0. The SMILES string of the molecule is CCc1cc(Oc2ncc(Cl)cc2Cl)cc(C)c1NC(=S)NC(C)(C)C. The summed E-state index contributed by atoms with van der Waals surface area (Å²) in [6.45, 7) is 10.3. The van der Waals surface area contributed by atoms with Gasteiger partial charge in [-0.2, -0.15) is 0 Å². The summed E-state index contributed by atoms with van der Waals surface area (Å²) < 4.78 is 5.85. The molecule has 0 radical (unpaired) electrons. The molecule has 2 rings (SSSR count). The van der Waals surface area contributed by atoms with Gasteiger partial charge >= 0.3 is 0 Å². The first-order valence-corrected chi connectivity index (χ1v) is 9.47. The summed E-state index contributed by atoms with van der Waals surface area (Å²) in [5.74, 6) is 0.986. The maximum Gasteiger partial charge on any atom is 0.238 e. The molecule has 0 bridgehead atoms. The van der Waals surface area contributed by atoms with E-state index in [-0.39, 0.29) is 5.54 Å². The predicted molar refractivity (Wildman–Crippen MR) is 114 cm³/mol. The number of pyridine rings is 1. The van der Waals surface area contributed by atoms with E-state index in [1.807, 2.05) is 19.1 Å². The molecule has 0 aliphatic carbocycles. The van der Waals surface area contributed by atoms with Gasteiger partial charge in [0, 0.05) is 17.4 Å². The smallest absolute Gasteiger partial charge is 0.238 e. The van der Waals surface area contributed by atoms with Gasteiger partial charge in [-0.3, -0.25) is 0 Å². The highest BCUT2D eigenvalue weighted by Crippen LogP contribution is 2.33. The molecule has 7 heteroatoms. The van der Waals surface area contributed by atoms with Crippen LogP contribution in [0.4, 0.5) is 5.69 Å². The highest BCUT2D eigenvalue weighted by atomic mass is 35.5. The molecule has 4 nitrogen and oxygen atoms in total. The molecular weight excluding hydrogens is 389 g/mol. The fourth-order valence-electron chi connectivity index (χ4n) is 2.42. The number of hydrogen-bond acceptors (Lipinski definition) is 3. The Morgan fingerprint density at radius 3 is 2.50 bits per heavy atom. The van der Waals surface area contributed by atoms with Crippen LogP contribution in [0.1, 0.15) is 38.8 Å². The largest absolute Gasteiger partial charge is 0.438 e. The van der Waals surface area contributed by atoms with Gasteiger partial charge in [-0.25, -0.2) is 4.98 Å². The van der Waals surface area contributed by atoms with E-state index in [0.29, 0.717) is 26.8 Å². The van der Waals surface area contributed by atoms with Crippen LogP contribution in [-0.4, -0.2) is 15.6 Å². The van der Waals surface area contributed by atoms with E-state index in [9.17, 15) is 0 Å². The molecule has 1 aromatic carbocycles. The summed E-state index contributed by atoms with van der Waals surface area (Å²) in [4.78, 5) is 4.14. The molecule has 0 atom stereocenters. The average Bonchev–Trinajstić information content (AvgIpc) is 2.50. The van der Waals surface area contributed by atoms with Gasteiger partial charge in [-0.05, 0) is 75.7 Å². The number of anilines is 1. The molecule has 1 aromatic heterocycles. The molecule has 2 aromatic rings. The number of ether oxygens (including phenoxy) is 1. The lowest BCUT2D eigenvalue weighted by Crippen LogP contribution is -2.43. The van der Waals surface area contributed by atoms with Crippen LogP contribution in [0.25, 0.3) is 0 Å². The van der Waals surface area contributed by atoms with Crippen LogP contribution >= 0.6 is 35.4 Å². The Morgan fingerprint density at radius 1 is 1.23 bits per heavy atom. The zero-order valence-electron chi connectivity index (χ0n) is 15.5. The minimum absolute atomic E-state index is 0.107. The van der Waals surface area contributed by atoms with Crippen LogP contribution in [0.2, 0.25) is 10.0 Å². The number of hydrogen-bond donors (Lipinski definition) is 2. The van der Waals surface area contributed by atoms with E-state index < -0.39 is 0 Å². The molecule has 2 N–H and O–H groups in total. The molecular formula is C19H23Cl2N3OS. The number of halogens is 2. The van der Waals surface area contributed by atoms with Gasteiger partial charge in [0.25, 0.3) is 0 Å². The molecule has 0 unspecified atom stereocenters. The Labute approximate surface area is 170 Å². The second-order valence-electron chi connectivity index (χ2n) is 7.00. The van der Waals surface area contributed by atoms with Crippen molar-refractivity contribution >= 4 is 46.2 Å². The lowest BCUT2D eigenvalue weighted by molar-refractivity contribution is 0.462. The minimum Gasteiger partial charge on any atom is -0.438 e. The Kier molecular flexibility index (Phi) is 6.72. The highest BCUT2D eigenvalue weighted by Gasteiger charge is 2.15. The Hall–Kier alpha value is -1.56. The molecule has 26 heavy (non-hydrogen) atoms. The Morgan fingerprint density at radius 2 is 1.92 bits per heavy atom. The lowest BCUT2D eigenvalue weighted by Gasteiger charge is -2.24. The van der Waals surface area contributed by atoms with Gasteiger partial charge in [-0.15, -0.1) is 0 Å². The van der Waals surface area contributed by atoms with Crippen LogP contribution in [0, 0.1) is 6.92 Å². The number of nitrogens with one attached hydrogen (secondary N) is 2. The van der Waals surface area contributed by atoms with E-state index in [1.54, 1.807) is 6.07 Å². The van der Waals surface area contributed by atoms with Crippen LogP contribution in [0.5, 0.6) is 11.6 Å². The first-order chi connectivity index (χ1) is 12.1. The molecule has 0 saturated carbocycles. The van der Waals surface area contributed by atoms with Crippen molar-refractivity contribution in [3.05, 3.63) is 45.6 Å². The number of aryl methyl sites for hydroxylation is 2. The second kappa shape index (κ2) is 8.42.